The molecule has 4 atom stereocenters. The van der Waals surface area contributed by atoms with Crippen LogP contribution < -0.4 is 5.32 Å². The standard InChI is InChI=1S/C34H36N2O4/c1-24-31(22-36(2)21-25-10-5-3-6-11-25)39-34(40-32(24)27-18-16-26(23-37)17-19-27)29-14-9-15-30(20-29)35-33(38)28-12-7-4-8-13-28/h3-20,24,31-32,34,37H,21-23H2,1-2H3,(H,35,38). The third kappa shape index (κ3) is 6.84. The second-order valence-electron chi connectivity index (χ2n) is 10.4. The molecule has 0 aliphatic carbocycles. The van der Waals surface area contributed by atoms with E-state index in [4.69, 9.17) is 9.47 Å². The van der Waals surface area contributed by atoms with Crippen LogP contribution >= 0.6 is 0 Å². The second kappa shape index (κ2) is 13.0. The molecular formula is C34H36N2O4. The van der Waals surface area contributed by atoms with Gasteiger partial charge in [-0.25, -0.2) is 0 Å². The molecule has 4 aromatic rings. The van der Waals surface area contributed by atoms with Gasteiger partial charge in [-0.15, -0.1) is 0 Å². The minimum Gasteiger partial charge on any atom is -0.392 e. The molecule has 1 heterocycles. The average Bonchev–Trinajstić information content (AvgIpc) is 2.99. The van der Waals surface area contributed by atoms with Crippen LogP contribution in [0.4, 0.5) is 5.69 Å². The van der Waals surface area contributed by atoms with E-state index >= 15 is 0 Å². The number of likely N-dealkylation sites (N-methyl/N-ethyl adjacent to an activating group) is 1. The molecule has 0 radical (unpaired) electrons. The first-order valence-electron chi connectivity index (χ1n) is 13.7. The lowest BCUT2D eigenvalue weighted by Crippen LogP contribution is -2.43. The lowest BCUT2D eigenvalue weighted by molar-refractivity contribution is -0.276. The highest BCUT2D eigenvalue weighted by Crippen LogP contribution is 2.42. The Balaban J connectivity index is 1.38. The van der Waals surface area contributed by atoms with Crippen molar-refractivity contribution in [3.8, 4) is 0 Å². The zero-order valence-corrected chi connectivity index (χ0v) is 22.9. The normalized spacial score (nSPS) is 20.8. The van der Waals surface area contributed by atoms with Crippen LogP contribution in [0.1, 0.15) is 51.9 Å². The van der Waals surface area contributed by atoms with Crippen molar-refractivity contribution in [2.24, 2.45) is 5.92 Å². The molecule has 0 aromatic heterocycles. The Morgan fingerprint density at radius 3 is 2.23 bits per heavy atom. The topological polar surface area (TPSA) is 71.0 Å². The summed E-state index contributed by atoms with van der Waals surface area (Å²) in [7, 11) is 2.11. The summed E-state index contributed by atoms with van der Waals surface area (Å²) in [5.41, 5.74) is 5.27. The zero-order valence-electron chi connectivity index (χ0n) is 22.9. The van der Waals surface area contributed by atoms with E-state index in [9.17, 15) is 9.90 Å². The number of benzene rings is 4. The minimum atomic E-state index is -0.609. The summed E-state index contributed by atoms with van der Waals surface area (Å²) in [6, 6.07) is 35.1. The van der Waals surface area contributed by atoms with Gasteiger partial charge >= 0.3 is 0 Å². The van der Waals surface area contributed by atoms with Gasteiger partial charge in [0, 0.05) is 35.8 Å². The zero-order chi connectivity index (χ0) is 27.9. The van der Waals surface area contributed by atoms with Crippen LogP contribution in [0.2, 0.25) is 0 Å². The van der Waals surface area contributed by atoms with Crippen LogP contribution in [-0.4, -0.2) is 35.6 Å². The Morgan fingerprint density at radius 1 is 0.825 bits per heavy atom. The van der Waals surface area contributed by atoms with E-state index in [0.29, 0.717) is 11.3 Å². The number of ether oxygens (including phenoxy) is 2. The number of rotatable bonds is 9. The monoisotopic (exact) mass is 536 g/mol. The molecule has 0 saturated carbocycles. The number of hydrogen-bond donors (Lipinski definition) is 2. The number of nitrogens with one attached hydrogen (secondary N) is 1. The van der Waals surface area contributed by atoms with Crippen molar-refractivity contribution in [3.05, 3.63) is 137 Å². The quantitative estimate of drug-likeness (QED) is 0.261. The van der Waals surface area contributed by atoms with E-state index < -0.39 is 6.29 Å². The van der Waals surface area contributed by atoms with Gasteiger partial charge in [0.1, 0.15) is 0 Å². The average molecular weight is 537 g/mol. The Hall–Kier alpha value is -3.81. The number of nitrogens with zero attached hydrogens (tertiary/aromatic N) is 1. The number of amides is 1. The molecule has 4 unspecified atom stereocenters. The lowest BCUT2D eigenvalue weighted by Gasteiger charge is -2.42. The van der Waals surface area contributed by atoms with Crippen LogP contribution in [0.3, 0.4) is 0 Å². The fourth-order valence-corrected chi connectivity index (χ4v) is 5.15. The predicted molar refractivity (Wildman–Crippen MR) is 157 cm³/mol. The highest BCUT2D eigenvalue weighted by Gasteiger charge is 2.38. The van der Waals surface area contributed by atoms with E-state index in [1.165, 1.54) is 5.56 Å². The van der Waals surface area contributed by atoms with E-state index in [0.717, 1.165) is 29.8 Å². The van der Waals surface area contributed by atoms with Gasteiger partial charge in [0.05, 0.1) is 18.8 Å². The fourth-order valence-electron chi connectivity index (χ4n) is 5.15. The van der Waals surface area contributed by atoms with Crippen molar-refractivity contribution in [1.29, 1.82) is 0 Å². The molecule has 6 nitrogen and oxygen atoms in total. The van der Waals surface area contributed by atoms with E-state index in [-0.39, 0.29) is 30.6 Å². The van der Waals surface area contributed by atoms with E-state index in [1.54, 1.807) is 12.1 Å². The number of aliphatic hydroxyl groups is 1. The van der Waals surface area contributed by atoms with Crippen molar-refractivity contribution >= 4 is 11.6 Å². The molecule has 2 N–H and O–H groups in total. The Morgan fingerprint density at radius 2 is 1.52 bits per heavy atom. The lowest BCUT2D eigenvalue weighted by atomic mass is 9.90. The SMILES string of the molecule is CC1C(CN(C)Cc2ccccc2)OC(c2cccc(NC(=O)c3ccccc3)c2)OC1c1ccc(CO)cc1. The molecule has 6 heteroatoms. The maximum Gasteiger partial charge on any atom is 0.255 e. The van der Waals surface area contributed by atoms with Gasteiger partial charge in [-0.1, -0.05) is 91.9 Å². The van der Waals surface area contributed by atoms with E-state index in [1.807, 2.05) is 72.8 Å². The first-order valence-corrected chi connectivity index (χ1v) is 13.7. The Labute approximate surface area is 236 Å². The summed E-state index contributed by atoms with van der Waals surface area (Å²) in [6.45, 7) is 3.71. The van der Waals surface area contributed by atoms with Crippen LogP contribution in [0, 0.1) is 5.92 Å². The molecule has 40 heavy (non-hydrogen) atoms. The van der Waals surface area contributed by atoms with Crippen molar-refractivity contribution in [2.45, 2.75) is 38.6 Å². The van der Waals surface area contributed by atoms with Gasteiger partial charge < -0.3 is 19.9 Å². The Bertz CT molecular complexity index is 1380. The highest BCUT2D eigenvalue weighted by atomic mass is 16.7. The summed E-state index contributed by atoms with van der Waals surface area (Å²) in [6.07, 6.45) is -0.913. The molecule has 1 aliphatic rings. The molecule has 1 amide bonds. The summed E-state index contributed by atoms with van der Waals surface area (Å²) in [4.78, 5) is 15.0. The molecule has 0 spiro atoms. The fraction of sp³-hybridized carbons (Fsp3) is 0.265. The number of aliphatic hydroxyl groups excluding tert-OH is 1. The number of hydrogen-bond acceptors (Lipinski definition) is 5. The summed E-state index contributed by atoms with van der Waals surface area (Å²) in [5, 5.41) is 12.5. The van der Waals surface area contributed by atoms with Gasteiger partial charge in [-0.3, -0.25) is 9.69 Å². The van der Waals surface area contributed by atoms with Crippen LogP contribution in [0.5, 0.6) is 0 Å². The van der Waals surface area contributed by atoms with Gasteiger partial charge in [0.15, 0.2) is 6.29 Å². The number of anilines is 1. The third-order valence-electron chi connectivity index (χ3n) is 7.36. The van der Waals surface area contributed by atoms with Gasteiger partial charge in [-0.2, -0.15) is 0 Å². The molecule has 4 aromatic carbocycles. The summed E-state index contributed by atoms with van der Waals surface area (Å²) in [5.74, 6) is -0.0884. The van der Waals surface area contributed by atoms with Crippen LogP contribution in [0.25, 0.3) is 0 Å². The van der Waals surface area contributed by atoms with Crippen molar-refractivity contribution in [3.63, 3.8) is 0 Å². The largest absolute Gasteiger partial charge is 0.392 e. The Kier molecular flexibility index (Phi) is 9.04. The first kappa shape index (κ1) is 27.7. The van der Waals surface area contributed by atoms with Gasteiger partial charge in [-0.05, 0) is 48.0 Å². The summed E-state index contributed by atoms with van der Waals surface area (Å²) < 4.78 is 13.2. The molecular weight excluding hydrogens is 500 g/mol. The van der Waals surface area contributed by atoms with Crippen molar-refractivity contribution < 1.29 is 19.4 Å². The number of carbonyl (C=O) groups is 1. The second-order valence-corrected chi connectivity index (χ2v) is 10.4. The number of carbonyl (C=O) groups excluding carboxylic acids is 1. The smallest absolute Gasteiger partial charge is 0.255 e. The highest BCUT2D eigenvalue weighted by molar-refractivity contribution is 6.04. The predicted octanol–water partition coefficient (Wildman–Crippen LogP) is 6.35. The van der Waals surface area contributed by atoms with E-state index in [2.05, 4.69) is 48.5 Å². The molecule has 5 rings (SSSR count). The maximum atomic E-state index is 12.8. The van der Waals surface area contributed by atoms with Crippen LogP contribution in [0.15, 0.2) is 109 Å². The first-order chi connectivity index (χ1) is 19.5. The van der Waals surface area contributed by atoms with Gasteiger partial charge in [0.2, 0.25) is 0 Å². The van der Waals surface area contributed by atoms with Crippen molar-refractivity contribution in [2.75, 3.05) is 18.9 Å². The molecule has 0 bridgehead atoms. The van der Waals surface area contributed by atoms with Crippen LogP contribution in [-0.2, 0) is 22.6 Å². The van der Waals surface area contributed by atoms with Crippen molar-refractivity contribution in [1.82, 2.24) is 4.90 Å². The third-order valence-corrected chi connectivity index (χ3v) is 7.36. The molecule has 1 aliphatic heterocycles. The summed E-state index contributed by atoms with van der Waals surface area (Å²) >= 11 is 0. The minimum absolute atomic E-state index is 0.00148. The molecule has 1 saturated heterocycles. The van der Waals surface area contributed by atoms with Gasteiger partial charge in [0.25, 0.3) is 5.91 Å². The molecule has 206 valence electrons. The molecule has 1 fully saturated rings. The maximum absolute atomic E-state index is 12.8.